The van der Waals surface area contributed by atoms with Crippen LogP contribution in [0.4, 0.5) is 0 Å². The number of nitrogens with two attached hydrogens (primary N) is 1. The predicted molar refractivity (Wildman–Crippen MR) is 71.2 cm³/mol. The van der Waals surface area contributed by atoms with Gasteiger partial charge < -0.3 is 9.57 Å². The lowest BCUT2D eigenvalue weighted by Crippen LogP contribution is -2.37. The quantitative estimate of drug-likeness (QED) is 0.765. The zero-order valence-corrected chi connectivity index (χ0v) is 10.8. The van der Waals surface area contributed by atoms with E-state index in [1.807, 2.05) is 0 Å². The van der Waals surface area contributed by atoms with Gasteiger partial charge in [0.1, 0.15) is 0 Å². The van der Waals surface area contributed by atoms with E-state index >= 15 is 0 Å². The van der Waals surface area contributed by atoms with Gasteiger partial charge in [0.25, 0.3) is 0 Å². The lowest BCUT2D eigenvalue weighted by atomic mass is 10.1. The van der Waals surface area contributed by atoms with Crippen molar-refractivity contribution in [3.63, 3.8) is 0 Å². The van der Waals surface area contributed by atoms with Crippen molar-refractivity contribution >= 4 is 0 Å². The number of morpholine rings is 1. The molecular formula is C14H22N2O2. The molecule has 1 saturated heterocycles. The highest BCUT2D eigenvalue weighted by Gasteiger charge is 2.09. The van der Waals surface area contributed by atoms with Crippen molar-refractivity contribution in [3.05, 3.63) is 35.4 Å². The van der Waals surface area contributed by atoms with E-state index in [4.69, 9.17) is 10.6 Å². The molecule has 100 valence electrons. The van der Waals surface area contributed by atoms with Crippen LogP contribution in [0.1, 0.15) is 11.1 Å². The van der Waals surface area contributed by atoms with Crippen LogP contribution in [0.3, 0.4) is 0 Å². The summed E-state index contributed by atoms with van der Waals surface area (Å²) >= 11 is 0. The third-order valence-corrected chi connectivity index (χ3v) is 3.35. The minimum atomic E-state index is 0.577. The van der Waals surface area contributed by atoms with Crippen LogP contribution < -0.4 is 5.90 Å². The maximum Gasteiger partial charge on any atom is 0.0719 e. The molecule has 2 rings (SSSR count). The minimum Gasteiger partial charge on any atom is -0.379 e. The van der Waals surface area contributed by atoms with Gasteiger partial charge in [0.15, 0.2) is 0 Å². The van der Waals surface area contributed by atoms with Crippen LogP contribution in [0.2, 0.25) is 0 Å². The van der Waals surface area contributed by atoms with E-state index in [9.17, 15) is 0 Å². The first-order chi connectivity index (χ1) is 8.88. The maximum absolute atomic E-state index is 5.34. The van der Waals surface area contributed by atoms with Gasteiger partial charge in [-0.2, -0.15) is 0 Å². The normalized spacial score (nSPS) is 16.9. The van der Waals surface area contributed by atoms with E-state index in [0.717, 1.165) is 45.7 Å². The van der Waals surface area contributed by atoms with Gasteiger partial charge in [-0.3, -0.25) is 4.90 Å². The molecule has 0 radical (unpaired) electrons. The van der Waals surface area contributed by atoms with Crippen molar-refractivity contribution in [1.82, 2.24) is 4.90 Å². The van der Waals surface area contributed by atoms with E-state index < -0.39 is 0 Å². The highest BCUT2D eigenvalue weighted by molar-refractivity contribution is 5.22. The largest absolute Gasteiger partial charge is 0.379 e. The minimum absolute atomic E-state index is 0.577. The van der Waals surface area contributed by atoms with Crippen molar-refractivity contribution < 1.29 is 9.57 Å². The highest BCUT2D eigenvalue weighted by atomic mass is 16.6. The smallest absolute Gasteiger partial charge is 0.0719 e. The summed E-state index contributed by atoms with van der Waals surface area (Å²) < 4.78 is 5.34. The molecule has 1 aromatic rings. The third-order valence-electron chi connectivity index (χ3n) is 3.35. The van der Waals surface area contributed by atoms with E-state index in [0.29, 0.717) is 6.61 Å². The molecule has 0 atom stereocenters. The summed E-state index contributed by atoms with van der Waals surface area (Å²) in [5.41, 5.74) is 2.66. The average molecular weight is 250 g/mol. The Morgan fingerprint density at radius 2 is 1.67 bits per heavy atom. The Bertz CT molecular complexity index is 334. The van der Waals surface area contributed by atoms with Crippen LogP contribution in [0.25, 0.3) is 0 Å². The van der Waals surface area contributed by atoms with Crippen LogP contribution in [-0.4, -0.2) is 44.4 Å². The van der Waals surface area contributed by atoms with Crippen LogP contribution >= 0.6 is 0 Å². The van der Waals surface area contributed by atoms with Crippen molar-refractivity contribution in [1.29, 1.82) is 0 Å². The number of ether oxygens (including phenoxy) is 1. The van der Waals surface area contributed by atoms with Crippen LogP contribution in [0.15, 0.2) is 24.3 Å². The van der Waals surface area contributed by atoms with Crippen molar-refractivity contribution in [2.45, 2.75) is 12.8 Å². The van der Waals surface area contributed by atoms with E-state index in [2.05, 4.69) is 34.0 Å². The van der Waals surface area contributed by atoms with Crippen molar-refractivity contribution in [2.75, 3.05) is 39.5 Å². The lowest BCUT2D eigenvalue weighted by Gasteiger charge is -2.26. The molecule has 0 unspecified atom stereocenters. The maximum atomic E-state index is 5.34. The summed E-state index contributed by atoms with van der Waals surface area (Å²) in [7, 11) is 0. The standard InChI is InChI=1S/C14H22N2O2/c15-18-10-6-14-3-1-13(2-4-14)5-7-16-8-11-17-12-9-16/h1-4H,5-12,15H2. The van der Waals surface area contributed by atoms with Gasteiger partial charge in [-0.1, -0.05) is 24.3 Å². The fourth-order valence-electron chi connectivity index (χ4n) is 2.16. The molecule has 1 fully saturated rings. The Labute approximate surface area is 109 Å². The molecule has 0 bridgehead atoms. The van der Waals surface area contributed by atoms with Crippen molar-refractivity contribution in [3.8, 4) is 0 Å². The van der Waals surface area contributed by atoms with Crippen molar-refractivity contribution in [2.24, 2.45) is 5.90 Å². The molecule has 1 aliphatic rings. The van der Waals surface area contributed by atoms with Gasteiger partial charge in [-0.15, -0.1) is 0 Å². The van der Waals surface area contributed by atoms with Gasteiger partial charge in [-0.05, 0) is 24.0 Å². The second-order valence-electron chi connectivity index (χ2n) is 4.64. The molecule has 1 heterocycles. The average Bonchev–Trinajstić information content (AvgIpc) is 2.45. The van der Waals surface area contributed by atoms with E-state index in [1.165, 1.54) is 11.1 Å². The molecule has 4 heteroatoms. The fraction of sp³-hybridized carbons (Fsp3) is 0.571. The summed E-state index contributed by atoms with van der Waals surface area (Å²) in [5.74, 6) is 5.02. The molecule has 1 aliphatic heterocycles. The first kappa shape index (κ1) is 13.5. The molecule has 0 amide bonds. The number of hydrogen-bond donors (Lipinski definition) is 1. The summed E-state index contributed by atoms with van der Waals surface area (Å²) in [4.78, 5) is 7.04. The molecule has 1 aromatic carbocycles. The van der Waals surface area contributed by atoms with Gasteiger partial charge in [0.2, 0.25) is 0 Å². The number of nitrogens with zero attached hydrogens (tertiary/aromatic N) is 1. The highest BCUT2D eigenvalue weighted by Crippen LogP contribution is 2.07. The SMILES string of the molecule is NOCCc1ccc(CCN2CCOCC2)cc1. The molecular weight excluding hydrogens is 228 g/mol. The fourth-order valence-corrected chi connectivity index (χ4v) is 2.16. The van der Waals surface area contributed by atoms with Gasteiger partial charge in [0.05, 0.1) is 19.8 Å². The van der Waals surface area contributed by atoms with Gasteiger partial charge in [0, 0.05) is 19.6 Å². The molecule has 18 heavy (non-hydrogen) atoms. The van der Waals surface area contributed by atoms with Crippen LogP contribution in [-0.2, 0) is 22.4 Å². The molecule has 0 spiro atoms. The predicted octanol–water partition coefficient (Wildman–Crippen LogP) is 0.994. The molecule has 0 saturated carbocycles. The Morgan fingerprint density at radius 3 is 2.28 bits per heavy atom. The molecule has 4 nitrogen and oxygen atoms in total. The summed E-state index contributed by atoms with van der Waals surface area (Å²) in [6, 6.07) is 8.72. The Kier molecular flexibility index (Phi) is 5.61. The van der Waals surface area contributed by atoms with Gasteiger partial charge in [-0.25, -0.2) is 5.90 Å². The summed E-state index contributed by atoms with van der Waals surface area (Å²) in [6.45, 7) is 5.57. The second kappa shape index (κ2) is 7.48. The summed E-state index contributed by atoms with van der Waals surface area (Å²) in [6.07, 6.45) is 1.98. The van der Waals surface area contributed by atoms with Crippen LogP contribution in [0, 0.1) is 0 Å². The molecule has 0 aromatic heterocycles. The number of hydrogen-bond acceptors (Lipinski definition) is 4. The first-order valence-corrected chi connectivity index (χ1v) is 6.58. The third kappa shape index (κ3) is 4.38. The topological polar surface area (TPSA) is 47.7 Å². The van der Waals surface area contributed by atoms with Crippen LogP contribution in [0.5, 0.6) is 0 Å². The number of benzene rings is 1. The zero-order chi connectivity index (χ0) is 12.6. The van der Waals surface area contributed by atoms with E-state index in [-0.39, 0.29) is 0 Å². The summed E-state index contributed by atoms with van der Waals surface area (Å²) in [5, 5.41) is 0. The Morgan fingerprint density at radius 1 is 1.06 bits per heavy atom. The molecule has 2 N–H and O–H groups in total. The Hall–Kier alpha value is -0.940. The monoisotopic (exact) mass is 250 g/mol. The molecule has 0 aliphatic carbocycles. The zero-order valence-electron chi connectivity index (χ0n) is 10.8. The second-order valence-corrected chi connectivity index (χ2v) is 4.64. The Balaban J connectivity index is 1.75. The van der Waals surface area contributed by atoms with E-state index in [1.54, 1.807) is 0 Å². The first-order valence-electron chi connectivity index (χ1n) is 6.58. The number of rotatable bonds is 6. The van der Waals surface area contributed by atoms with Gasteiger partial charge >= 0.3 is 0 Å². The lowest BCUT2D eigenvalue weighted by molar-refractivity contribution is 0.0384.